The van der Waals surface area contributed by atoms with E-state index < -0.39 is 0 Å². The van der Waals surface area contributed by atoms with Crippen molar-refractivity contribution in [3.05, 3.63) is 30.5 Å². The molecule has 1 rings (SSSR count). The van der Waals surface area contributed by atoms with Crippen molar-refractivity contribution >= 4 is 11.6 Å². The lowest BCUT2D eigenvalue weighted by molar-refractivity contribution is -0.112. The topological polar surface area (TPSA) is 56.8 Å². The summed E-state index contributed by atoms with van der Waals surface area (Å²) in [4.78, 5) is 11.7. The van der Waals surface area contributed by atoms with Gasteiger partial charge in [-0.1, -0.05) is 13.3 Å². The number of amides is 1. The molecule has 0 radical (unpaired) electrons. The third-order valence-electron chi connectivity index (χ3n) is 2.60. The highest BCUT2D eigenvalue weighted by atomic mass is 16.5. The molecule has 0 saturated heterocycles. The lowest BCUT2D eigenvalue weighted by Gasteiger charge is -2.10. The van der Waals surface area contributed by atoms with Crippen LogP contribution in [-0.4, -0.2) is 26.7 Å². The third-order valence-corrected chi connectivity index (χ3v) is 2.60. The van der Waals surface area contributed by atoms with Crippen molar-refractivity contribution in [1.29, 1.82) is 0 Å². The number of carbonyl (C=O) groups is 1. The highest BCUT2D eigenvalue weighted by molar-refractivity contribution is 6.00. The number of anilines is 1. The molecule has 1 aromatic carbocycles. The Morgan fingerprint density at radius 3 is 2.75 bits per heavy atom. The van der Waals surface area contributed by atoms with E-state index in [9.17, 15) is 4.79 Å². The maximum atomic E-state index is 11.7. The molecule has 0 heterocycles. The maximum absolute atomic E-state index is 11.7. The normalized spacial score (nSPS) is 10.3. The monoisotopic (exact) mass is 279 g/mol. The Bertz CT molecular complexity index is 457. The van der Waals surface area contributed by atoms with Gasteiger partial charge in [0.1, 0.15) is 11.5 Å². The molecule has 0 fully saturated rings. The molecule has 0 atom stereocenters. The predicted molar refractivity (Wildman–Crippen MR) is 78.2 cm³/mol. The molecule has 110 valence electrons. The number of hydrogen-bond acceptors (Lipinski definition) is 4. The highest BCUT2D eigenvalue weighted by Crippen LogP contribution is 2.28. The van der Waals surface area contributed by atoms with Gasteiger partial charge in [0.25, 0.3) is 5.91 Å². The first-order valence-corrected chi connectivity index (χ1v) is 6.52. The first-order chi connectivity index (χ1) is 9.71. The molecule has 1 aromatic rings. The molecule has 1 N–H and O–H groups in total. The molecule has 0 aliphatic carbocycles. The van der Waals surface area contributed by atoms with Gasteiger partial charge in [-0.15, -0.1) is 0 Å². The molecule has 0 aromatic heterocycles. The first-order valence-electron chi connectivity index (χ1n) is 6.52. The molecule has 0 aliphatic rings. The van der Waals surface area contributed by atoms with E-state index in [1.165, 1.54) is 12.3 Å². The third kappa shape index (κ3) is 5.22. The Kier molecular flexibility index (Phi) is 7.03. The van der Waals surface area contributed by atoms with E-state index in [2.05, 4.69) is 12.2 Å². The molecule has 5 heteroatoms. The van der Waals surface area contributed by atoms with Crippen LogP contribution in [-0.2, 0) is 9.53 Å². The lowest BCUT2D eigenvalue weighted by Crippen LogP contribution is -2.09. The van der Waals surface area contributed by atoms with Crippen molar-refractivity contribution in [2.24, 2.45) is 0 Å². The number of ether oxygens (including phenoxy) is 3. The Labute approximate surface area is 119 Å². The fourth-order valence-corrected chi connectivity index (χ4v) is 1.49. The molecule has 0 spiro atoms. The van der Waals surface area contributed by atoms with Crippen molar-refractivity contribution in [3.8, 4) is 11.5 Å². The molecule has 0 saturated carbocycles. The van der Waals surface area contributed by atoms with Crippen LogP contribution in [0.25, 0.3) is 0 Å². The lowest BCUT2D eigenvalue weighted by atomic mass is 10.2. The standard InChI is InChI=1S/C15H21NO4/c1-4-5-9-20-10-8-15(17)16-13-11-12(18-2)6-7-14(13)19-3/h6-8,10-11H,4-5,9H2,1-3H3,(H,16,17)/b10-8+. The van der Waals surface area contributed by atoms with Crippen LogP contribution in [0.3, 0.4) is 0 Å². The minimum Gasteiger partial charge on any atom is -0.501 e. The summed E-state index contributed by atoms with van der Waals surface area (Å²) < 4.78 is 15.5. The van der Waals surface area contributed by atoms with Gasteiger partial charge in [-0.25, -0.2) is 0 Å². The number of hydrogen-bond donors (Lipinski definition) is 1. The average Bonchev–Trinajstić information content (AvgIpc) is 2.47. The van der Waals surface area contributed by atoms with E-state index in [0.717, 1.165) is 12.8 Å². The van der Waals surface area contributed by atoms with Crippen LogP contribution in [0, 0.1) is 0 Å². The summed E-state index contributed by atoms with van der Waals surface area (Å²) in [5, 5.41) is 2.72. The van der Waals surface area contributed by atoms with Gasteiger partial charge < -0.3 is 19.5 Å². The number of nitrogens with one attached hydrogen (secondary N) is 1. The van der Waals surface area contributed by atoms with Crippen molar-refractivity contribution in [3.63, 3.8) is 0 Å². The number of carbonyl (C=O) groups excluding carboxylic acids is 1. The smallest absolute Gasteiger partial charge is 0.251 e. The molecule has 1 amide bonds. The Hall–Kier alpha value is -2.17. The minimum atomic E-state index is -0.284. The zero-order chi connectivity index (χ0) is 14.8. The van der Waals surface area contributed by atoms with Crippen LogP contribution in [0.5, 0.6) is 11.5 Å². The van der Waals surface area contributed by atoms with Gasteiger partial charge in [0.05, 0.1) is 32.8 Å². The summed E-state index contributed by atoms with van der Waals surface area (Å²) in [6.45, 7) is 2.69. The van der Waals surface area contributed by atoms with E-state index in [1.807, 2.05) is 0 Å². The minimum absolute atomic E-state index is 0.284. The molecule has 0 unspecified atom stereocenters. The summed E-state index contributed by atoms with van der Waals surface area (Å²) in [5.74, 6) is 0.928. The Balaban J connectivity index is 2.60. The molecular weight excluding hydrogens is 258 g/mol. The van der Waals surface area contributed by atoms with E-state index in [-0.39, 0.29) is 5.91 Å². The van der Waals surface area contributed by atoms with Crippen LogP contribution in [0.2, 0.25) is 0 Å². The number of benzene rings is 1. The van der Waals surface area contributed by atoms with E-state index >= 15 is 0 Å². The van der Waals surface area contributed by atoms with Crippen molar-refractivity contribution in [2.45, 2.75) is 19.8 Å². The fourth-order valence-electron chi connectivity index (χ4n) is 1.49. The van der Waals surface area contributed by atoms with Crippen LogP contribution in [0.1, 0.15) is 19.8 Å². The van der Waals surface area contributed by atoms with Crippen LogP contribution < -0.4 is 14.8 Å². The summed E-state index contributed by atoms with van der Waals surface area (Å²) in [7, 11) is 3.11. The van der Waals surface area contributed by atoms with E-state index in [4.69, 9.17) is 14.2 Å². The number of methoxy groups -OCH3 is 2. The van der Waals surface area contributed by atoms with Gasteiger partial charge in [-0.2, -0.15) is 0 Å². The summed E-state index contributed by atoms with van der Waals surface area (Å²) in [5.41, 5.74) is 0.551. The van der Waals surface area contributed by atoms with Crippen LogP contribution >= 0.6 is 0 Å². The van der Waals surface area contributed by atoms with Gasteiger partial charge in [-0.05, 0) is 18.6 Å². The summed E-state index contributed by atoms with van der Waals surface area (Å²) in [6.07, 6.45) is 4.77. The molecule has 20 heavy (non-hydrogen) atoms. The van der Waals surface area contributed by atoms with Gasteiger partial charge >= 0.3 is 0 Å². The quantitative estimate of drug-likeness (QED) is 0.451. The van der Waals surface area contributed by atoms with Crippen molar-refractivity contribution < 1.29 is 19.0 Å². The van der Waals surface area contributed by atoms with Crippen molar-refractivity contribution in [1.82, 2.24) is 0 Å². The van der Waals surface area contributed by atoms with E-state index in [0.29, 0.717) is 23.8 Å². The van der Waals surface area contributed by atoms with Gasteiger partial charge in [0.15, 0.2) is 0 Å². The molecule has 5 nitrogen and oxygen atoms in total. The summed E-state index contributed by atoms with van der Waals surface area (Å²) in [6, 6.07) is 5.19. The predicted octanol–water partition coefficient (Wildman–Crippen LogP) is 2.97. The van der Waals surface area contributed by atoms with Crippen LogP contribution in [0.15, 0.2) is 30.5 Å². The van der Waals surface area contributed by atoms with Crippen molar-refractivity contribution in [2.75, 3.05) is 26.1 Å². The van der Waals surface area contributed by atoms with Gasteiger partial charge in [0.2, 0.25) is 0 Å². The largest absolute Gasteiger partial charge is 0.501 e. The maximum Gasteiger partial charge on any atom is 0.251 e. The highest BCUT2D eigenvalue weighted by Gasteiger charge is 2.07. The zero-order valence-corrected chi connectivity index (χ0v) is 12.1. The second-order valence-electron chi connectivity index (χ2n) is 4.08. The fraction of sp³-hybridized carbons (Fsp3) is 0.400. The second-order valence-corrected chi connectivity index (χ2v) is 4.08. The number of unbranched alkanes of at least 4 members (excludes halogenated alkanes) is 1. The first kappa shape index (κ1) is 15.9. The number of rotatable bonds is 8. The Morgan fingerprint density at radius 1 is 1.30 bits per heavy atom. The average molecular weight is 279 g/mol. The van der Waals surface area contributed by atoms with Gasteiger partial charge in [-0.3, -0.25) is 4.79 Å². The Morgan fingerprint density at radius 2 is 2.10 bits per heavy atom. The molecule has 0 aliphatic heterocycles. The van der Waals surface area contributed by atoms with Gasteiger partial charge in [0, 0.05) is 12.1 Å². The SMILES string of the molecule is CCCCO/C=C/C(=O)Nc1cc(OC)ccc1OC. The van der Waals surface area contributed by atoms with E-state index in [1.54, 1.807) is 32.4 Å². The molecular formula is C15H21NO4. The molecule has 0 bridgehead atoms. The summed E-state index contributed by atoms with van der Waals surface area (Å²) >= 11 is 0. The van der Waals surface area contributed by atoms with Crippen LogP contribution in [0.4, 0.5) is 5.69 Å². The zero-order valence-electron chi connectivity index (χ0n) is 12.1. The second kappa shape index (κ2) is 8.85.